The molecule has 5 aromatic rings. The lowest BCUT2D eigenvalue weighted by molar-refractivity contribution is 0.0527. The molecule has 37 heavy (non-hydrogen) atoms. The number of aryl methyl sites for hydroxylation is 2. The molecule has 0 radical (unpaired) electrons. The highest BCUT2D eigenvalue weighted by Crippen LogP contribution is 2.30. The monoisotopic (exact) mass is 494 g/mol. The number of benzene rings is 2. The van der Waals surface area contributed by atoms with E-state index in [2.05, 4.69) is 20.4 Å². The molecule has 0 saturated carbocycles. The molecule has 3 heterocycles. The van der Waals surface area contributed by atoms with Crippen molar-refractivity contribution in [3.63, 3.8) is 0 Å². The van der Waals surface area contributed by atoms with Crippen LogP contribution in [0.4, 0.5) is 11.6 Å². The number of para-hydroxylation sites is 1. The third kappa shape index (κ3) is 4.71. The second-order valence-corrected chi connectivity index (χ2v) is 8.37. The SMILES string of the molecule is CCOC(=O)c1cnn(-c2cc(C)c3cccc(OC)c3n2)c1Nc1cc(-c2ccccc2)nc(C)n1. The molecule has 0 bridgehead atoms. The maximum absolute atomic E-state index is 12.8. The number of nitrogens with zero attached hydrogens (tertiary/aromatic N) is 5. The lowest BCUT2D eigenvalue weighted by Gasteiger charge is -2.14. The van der Waals surface area contributed by atoms with Crippen LogP contribution in [-0.4, -0.2) is 44.4 Å². The van der Waals surface area contributed by atoms with E-state index in [1.165, 1.54) is 6.20 Å². The normalized spacial score (nSPS) is 10.9. The second kappa shape index (κ2) is 10.1. The lowest BCUT2D eigenvalue weighted by Crippen LogP contribution is -2.11. The van der Waals surface area contributed by atoms with E-state index in [0.717, 1.165) is 22.2 Å². The highest BCUT2D eigenvalue weighted by molar-refractivity contribution is 5.96. The number of pyridine rings is 1. The predicted octanol–water partition coefficient (Wildman–Crippen LogP) is 5.42. The first-order valence-electron chi connectivity index (χ1n) is 11.9. The van der Waals surface area contributed by atoms with E-state index in [-0.39, 0.29) is 12.2 Å². The summed E-state index contributed by atoms with van der Waals surface area (Å²) in [4.78, 5) is 26.8. The Morgan fingerprint density at radius 2 is 1.81 bits per heavy atom. The number of aromatic nitrogens is 5. The molecule has 0 saturated heterocycles. The summed E-state index contributed by atoms with van der Waals surface area (Å²) < 4.78 is 12.4. The van der Waals surface area contributed by atoms with Gasteiger partial charge in [0.2, 0.25) is 0 Å². The van der Waals surface area contributed by atoms with Gasteiger partial charge < -0.3 is 14.8 Å². The van der Waals surface area contributed by atoms with Gasteiger partial charge in [-0.15, -0.1) is 0 Å². The van der Waals surface area contributed by atoms with E-state index >= 15 is 0 Å². The number of carbonyl (C=O) groups is 1. The Morgan fingerprint density at radius 1 is 1.00 bits per heavy atom. The molecule has 0 fully saturated rings. The Labute approximate surface area is 214 Å². The zero-order valence-electron chi connectivity index (χ0n) is 21.0. The van der Waals surface area contributed by atoms with E-state index < -0.39 is 5.97 Å². The fourth-order valence-corrected chi connectivity index (χ4v) is 4.16. The average Bonchev–Trinajstić information content (AvgIpc) is 3.32. The Bertz CT molecular complexity index is 1600. The van der Waals surface area contributed by atoms with Gasteiger partial charge in [-0.3, -0.25) is 0 Å². The Balaban J connectivity index is 1.65. The zero-order chi connectivity index (χ0) is 25.9. The number of carbonyl (C=O) groups excluding carboxylic acids is 1. The Kier molecular flexibility index (Phi) is 6.51. The highest BCUT2D eigenvalue weighted by atomic mass is 16.5. The first-order valence-corrected chi connectivity index (χ1v) is 11.9. The number of methoxy groups -OCH3 is 1. The average molecular weight is 495 g/mol. The largest absolute Gasteiger partial charge is 0.494 e. The van der Waals surface area contributed by atoms with Crippen molar-refractivity contribution in [2.45, 2.75) is 20.8 Å². The number of fused-ring (bicyclic) bond motifs is 1. The fourth-order valence-electron chi connectivity index (χ4n) is 4.16. The topological polar surface area (TPSA) is 104 Å². The number of hydrogen-bond donors (Lipinski definition) is 1. The van der Waals surface area contributed by atoms with Gasteiger partial charge >= 0.3 is 5.97 Å². The third-order valence-electron chi connectivity index (χ3n) is 5.85. The number of ether oxygens (including phenoxy) is 2. The van der Waals surface area contributed by atoms with Gasteiger partial charge in [0, 0.05) is 17.0 Å². The Hall–Kier alpha value is -4.79. The quantitative estimate of drug-likeness (QED) is 0.299. The van der Waals surface area contributed by atoms with Crippen molar-refractivity contribution in [1.29, 1.82) is 0 Å². The van der Waals surface area contributed by atoms with E-state index in [4.69, 9.17) is 14.5 Å². The van der Waals surface area contributed by atoms with Crippen LogP contribution in [0.25, 0.3) is 28.0 Å². The summed E-state index contributed by atoms with van der Waals surface area (Å²) in [6.07, 6.45) is 1.47. The summed E-state index contributed by atoms with van der Waals surface area (Å²) in [6, 6.07) is 19.3. The molecule has 0 aliphatic rings. The standard InChI is InChI=1S/C28H26N6O3/c1-5-37-28(35)21-16-29-34(25-14-17(2)20-12-9-13-23(36-4)26(20)33-25)27(21)32-24-15-22(30-18(3)31-24)19-10-7-6-8-11-19/h6-16H,5H2,1-4H3,(H,30,31,32). The van der Waals surface area contributed by atoms with Crippen molar-refractivity contribution in [2.75, 3.05) is 19.0 Å². The molecule has 0 amide bonds. The van der Waals surface area contributed by atoms with Crippen LogP contribution in [0.3, 0.4) is 0 Å². The summed E-state index contributed by atoms with van der Waals surface area (Å²) >= 11 is 0. The Morgan fingerprint density at radius 3 is 2.57 bits per heavy atom. The number of nitrogens with one attached hydrogen (secondary N) is 1. The van der Waals surface area contributed by atoms with Gasteiger partial charge in [-0.05, 0) is 38.5 Å². The number of hydrogen-bond acceptors (Lipinski definition) is 8. The maximum atomic E-state index is 12.8. The van der Waals surface area contributed by atoms with Crippen LogP contribution in [0.5, 0.6) is 5.75 Å². The molecule has 186 valence electrons. The minimum absolute atomic E-state index is 0.235. The van der Waals surface area contributed by atoms with Crippen molar-refractivity contribution in [3.8, 4) is 22.8 Å². The summed E-state index contributed by atoms with van der Waals surface area (Å²) in [7, 11) is 1.61. The van der Waals surface area contributed by atoms with Gasteiger partial charge in [0.1, 0.15) is 28.5 Å². The number of anilines is 2. The first-order chi connectivity index (χ1) is 18.0. The van der Waals surface area contributed by atoms with Crippen LogP contribution in [0.1, 0.15) is 28.7 Å². The molecule has 9 nitrogen and oxygen atoms in total. The van der Waals surface area contributed by atoms with Crippen molar-refractivity contribution >= 4 is 28.5 Å². The molecule has 2 aromatic carbocycles. The second-order valence-electron chi connectivity index (χ2n) is 8.37. The van der Waals surface area contributed by atoms with Crippen molar-refractivity contribution in [2.24, 2.45) is 0 Å². The fraction of sp³-hybridized carbons (Fsp3) is 0.179. The summed E-state index contributed by atoms with van der Waals surface area (Å²) in [5.41, 5.74) is 3.66. The molecule has 5 rings (SSSR count). The van der Waals surface area contributed by atoms with E-state index in [0.29, 0.717) is 34.5 Å². The molecule has 0 unspecified atom stereocenters. The number of rotatable bonds is 7. The number of esters is 1. The van der Waals surface area contributed by atoms with Gasteiger partial charge in [-0.25, -0.2) is 19.7 Å². The van der Waals surface area contributed by atoms with Crippen LogP contribution in [0, 0.1) is 13.8 Å². The van der Waals surface area contributed by atoms with Crippen LogP contribution in [0.15, 0.2) is 66.9 Å². The van der Waals surface area contributed by atoms with Crippen molar-refractivity contribution < 1.29 is 14.3 Å². The van der Waals surface area contributed by atoms with Crippen LogP contribution in [0.2, 0.25) is 0 Å². The smallest absolute Gasteiger partial charge is 0.343 e. The third-order valence-corrected chi connectivity index (χ3v) is 5.85. The minimum atomic E-state index is -0.500. The molecule has 9 heteroatoms. The maximum Gasteiger partial charge on any atom is 0.343 e. The van der Waals surface area contributed by atoms with E-state index in [9.17, 15) is 4.79 Å². The van der Waals surface area contributed by atoms with Gasteiger partial charge in [-0.1, -0.05) is 42.5 Å². The van der Waals surface area contributed by atoms with Crippen molar-refractivity contribution in [3.05, 3.63) is 83.8 Å². The lowest BCUT2D eigenvalue weighted by atomic mass is 10.1. The van der Waals surface area contributed by atoms with E-state index in [1.807, 2.05) is 74.5 Å². The van der Waals surface area contributed by atoms with Gasteiger partial charge in [0.15, 0.2) is 11.6 Å². The van der Waals surface area contributed by atoms with Gasteiger partial charge in [0.25, 0.3) is 0 Å². The van der Waals surface area contributed by atoms with Crippen molar-refractivity contribution in [1.82, 2.24) is 24.7 Å². The van der Waals surface area contributed by atoms with Crippen LogP contribution < -0.4 is 10.1 Å². The zero-order valence-corrected chi connectivity index (χ0v) is 21.0. The highest BCUT2D eigenvalue weighted by Gasteiger charge is 2.22. The van der Waals surface area contributed by atoms with E-state index in [1.54, 1.807) is 18.7 Å². The predicted molar refractivity (Wildman–Crippen MR) is 142 cm³/mol. The summed E-state index contributed by atoms with van der Waals surface area (Å²) in [5, 5.41) is 8.75. The summed E-state index contributed by atoms with van der Waals surface area (Å²) in [5.74, 6) is 2.14. The summed E-state index contributed by atoms with van der Waals surface area (Å²) in [6.45, 7) is 5.81. The van der Waals surface area contributed by atoms with Crippen LogP contribution >= 0.6 is 0 Å². The molecule has 1 N–H and O–H groups in total. The molecule has 0 atom stereocenters. The molecule has 0 aliphatic heterocycles. The molecule has 0 spiro atoms. The van der Waals surface area contributed by atoms with Gasteiger partial charge in [-0.2, -0.15) is 9.78 Å². The molecule has 0 aliphatic carbocycles. The first kappa shape index (κ1) is 23.9. The molecule has 3 aromatic heterocycles. The van der Waals surface area contributed by atoms with Gasteiger partial charge in [0.05, 0.1) is 25.6 Å². The van der Waals surface area contributed by atoms with Crippen LogP contribution in [-0.2, 0) is 4.74 Å². The molecular weight excluding hydrogens is 468 g/mol. The molecular formula is C28H26N6O3. The minimum Gasteiger partial charge on any atom is -0.494 e.